The molecule has 0 radical (unpaired) electrons. The zero-order valence-electron chi connectivity index (χ0n) is 15.8. The van der Waals surface area contributed by atoms with Gasteiger partial charge in [0.15, 0.2) is 0 Å². The molecule has 1 aromatic heterocycles. The second kappa shape index (κ2) is 7.81. The predicted molar refractivity (Wildman–Crippen MR) is 111 cm³/mol. The number of nitrogens with one attached hydrogen (secondary N) is 1. The Balaban J connectivity index is 1.56. The van der Waals surface area contributed by atoms with Crippen LogP contribution in [0.4, 0.5) is 0 Å². The maximum absolute atomic E-state index is 13.1. The Bertz CT molecular complexity index is 1070. The van der Waals surface area contributed by atoms with Gasteiger partial charge in [0.05, 0.1) is 17.1 Å². The fraction of sp³-hybridized carbons (Fsp3) is 0.333. The van der Waals surface area contributed by atoms with Gasteiger partial charge in [0.25, 0.3) is 0 Å². The van der Waals surface area contributed by atoms with Crippen LogP contribution in [0.15, 0.2) is 53.3 Å². The van der Waals surface area contributed by atoms with E-state index in [-0.39, 0.29) is 24.1 Å². The topological polar surface area (TPSA) is 59.3 Å². The standard InChI is InChI=1S/C21H23ClN4O2/c1-24-17-8-4-5-9-18(17)26(21(24)28)12-10-20(27)25-13-11-23-14-19(25)15-6-2-3-7-16(15)22/h2-9,19,23H,10-14H2,1H3. The molecule has 1 fully saturated rings. The number of halogens is 1. The molecule has 7 heteroatoms. The average molecular weight is 399 g/mol. The highest BCUT2D eigenvalue weighted by molar-refractivity contribution is 6.31. The van der Waals surface area contributed by atoms with Gasteiger partial charge in [0.1, 0.15) is 0 Å². The van der Waals surface area contributed by atoms with Crippen LogP contribution >= 0.6 is 11.6 Å². The number of fused-ring (bicyclic) bond motifs is 1. The summed E-state index contributed by atoms with van der Waals surface area (Å²) >= 11 is 6.38. The van der Waals surface area contributed by atoms with Crippen molar-refractivity contribution in [2.24, 2.45) is 7.05 Å². The summed E-state index contributed by atoms with van der Waals surface area (Å²) in [5.41, 5.74) is 2.57. The first-order valence-electron chi connectivity index (χ1n) is 9.47. The summed E-state index contributed by atoms with van der Waals surface area (Å²) < 4.78 is 3.30. The van der Waals surface area contributed by atoms with E-state index in [0.29, 0.717) is 24.7 Å². The number of carbonyl (C=O) groups excluding carboxylic acids is 1. The molecule has 1 aliphatic heterocycles. The van der Waals surface area contributed by atoms with Crippen LogP contribution in [-0.4, -0.2) is 39.6 Å². The molecule has 6 nitrogen and oxygen atoms in total. The fourth-order valence-electron chi connectivity index (χ4n) is 3.96. The molecule has 1 amide bonds. The van der Waals surface area contributed by atoms with Gasteiger partial charge in [-0.2, -0.15) is 0 Å². The number of nitrogens with zero attached hydrogens (tertiary/aromatic N) is 3. The summed E-state index contributed by atoms with van der Waals surface area (Å²) in [7, 11) is 1.76. The van der Waals surface area contributed by atoms with E-state index in [1.807, 2.05) is 53.4 Å². The molecule has 1 atom stereocenters. The van der Waals surface area contributed by atoms with Crippen LogP contribution in [-0.2, 0) is 18.4 Å². The highest BCUT2D eigenvalue weighted by Gasteiger charge is 2.29. The molecule has 3 aromatic rings. The van der Waals surface area contributed by atoms with Gasteiger partial charge in [-0.25, -0.2) is 4.79 Å². The number of hydrogen-bond donors (Lipinski definition) is 1. The Morgan fingerprint density at radius 3 is 2.64 bits per heavy atom. The third-order valence-corrected chi connectivity index (χ3v) is 5.77. The minimum absolute atomic E-state index is 0.0336. The van der Waals surface area contributed by atoms with Gasteiger partial charge in [-0.1, -0.05) is 41.9 Å². The summed E-state index contributed by atoms with van der Waals surface area (Å²) in [5, 5.41) is 4.01. The Labute approximate surface area is 168 Å². The number of imidazole rings is 1. The fourth-order valence-corrected chi connectivity index (χ4v) is 4.22. The van der Waals surface area contributed by atoms with E-state index in [4.69, 9.17) is 11.6 Å². The zero-order valence-corrected chi connectivity index (χ0v) is 16.5. The van der Waals surface area contributed by atoms with Crippen molar-refractivity contribution in [2.75, 3.05) is 19.6 Å². The first-order chi connectivity index (χ1) is 13.6. The van der Waals surface area contributed by atoms with Crippen molar-refractivity contribution in [3.05, 3.63) is 69.6 Å². The molecule has 2 heterocycles. The second-order valence-corrected chi connectivity index (χ2v) is 7.47. The van der Waals surface area contributed by atoms with E-state index in [2.05, 4.69) is 5.32 Å². The van der Waals surface area contributed by atoms with E-state index in [0.717, 1.165) is 23.1 Å². The molecule has 2 aromatic carbocycles. The minimum atomic E-state index is -0.100. The van der Waals surface area contributed by atoms with Crippen molar-refractivity contribution >= 4 is 28.5 Å². The minimum Gasteiger partial charge on any atom is -0.333 e. The smallest absolute Gasteiger partial charge is 0.328 e. The van der Waals surface area contributed by atoms with Gasteiger partial charge in [0, 0.05) is 44.7 Å². The molecule has 146 valence electrons. The first-order valence-corrected chi connectivity index (χ1v) is 9.84. The van der Waals surface area contributed by atoms with E-state index < -0.39 is 0 Å². The van der Waals surface area contributed by atoms with Crippen LogP contribution in [0.25, 0.3) is 11.0 Å². The molecule has 1 N–H and O–H groups in total. The number of aromatic nitrogens is 2. The monoisotopic (exact) mass is 398 g/mol. The number of rotatable bonds is 4. The maximum atomic E-state index is 13.1. The van der Waals surface area contributed by atoms with Gasteiger partial charge in [0.2, 0.25) is 5.91 Å². The lowest BCUT2D eigenvalue weighted by Gasteiger charge is -2.37. The van der Waals surface area contributed by atoms with Crippen LogP contribution in [0.3, 0.4) is 0 Å². The van der Waals surface area contributed by atoms with Crippen molar-refractivity contribution in [1.29, 1.82) is 0 Å². The van der Waals surface area contributed by atoms with Crippen molar-refractivity contribution in [3.8, 4) is 0 Å². The number of aryl methyl sites for hydroxylation is 2. The number of amides is 1. The lowest BCUT2D eigenvalue weighted by atomic mass is 10.0. The van der Waals surface area contributed by atoms with Crippen LogP contribution in [0, 0.1) is 0 Å². The van der Waals surface area contributed by atoms with Crippen molar-refractivity contribution in [1.82, 2.24) is 19.4 Å². The quantitative estimate of drug-likeness (QED) is 0.734. The number of para-hydroxylation sites is 2. The molecular weight excluding hydrogens is 376 g/mol. The van der Waals surface area contributed by atoms with E-state index in [9.17, 15) is 9.59 Å². The summed E-state index contributed by atoms with van der Waals surface area (Å²) in [5.74, 6) is 0.0336. The highest BCUT2D eigenvalue weighted by Crippen LogP contribution is 2.29. The summed E-state index contributed by atoms with van der Waals surface area (Å²) in [6.07, 6.45) is 0.273. The molecule has 1 unspecified atom stereocenters. The third-order valence-electron chi connectivity index (χ3n) is 5.43. The molecule has 0 saturated carbocycles. The van der Waals surface area contributed by atoms with Crippen molar-refractivity contribution in [2.45, 2.75) is 19.0 Å². The number of hydrogen-bond acceptors (Lipinski definition) is 3. The second-order valence-electron chi connectivity index (χ2n) is 7.06. The maximum Gasteiger partial charge on any atom is 0.328 e. The Morgan fingerprint density at radius 1 is 1.14 bits per heavy atom. The molecule has 1 aliphatic rings. The lowest BCUT2D eigenvalue weighted by molar-refractivity contribution is -0.134. The number of piperazine rings is 1. The Hall–Kier alpha value is -2.57. The van der Waals surface area contributed by atoms with Crippen LogP contribution in [0.5, 0.6) is 0 Å². The number of benzene rings is 2. The highest BCUT2D eigenvalue weighted by atomic mass is 35.5. The van der Waals surface area contributed by atoms with Crippen LogP contribution in [0.2, 0.25) is 5.02 Å². The molecule has 0 aliphatic carbocycles. The van der Waals surface area contributed by atoms with Crippen LogP contribution in [0.1, 0.15) is 18.0 Å². The van der Waals surface area contributed by atoms with Gasteiger partial charge < -0.3 is 10.2 Å². The Kier molecular flexibility index (Phi) is 5.24. The number of carbonyl (C=O) groups is 1. The zero-order chi connectivity index (χ0) is 19.7. The predicted octanol–water partition coefficient (Wildman–Crippen LogP) is 2.56. The molecular formula is C21H23ClN4O2. The molecule has 28 heavy (non-hydrogen) atoms. The summed E-state index contributed by atoms with van der Waals surface area (Å²) in [6, 6.07) is 15.2. The van der Waals surface area contributed by atoms with Crippen LogP contribution < -0.4 is 11.0 Å². The van der Waals surface area contributed by atoms with Gasteiger partial charge in [-0.05, 0) is 23.8 Å². The molecule has 0 bridgehead atoms. The lowest BCUT2D eigenvalue weighted by Crippen LogP contribution is -2.49. The van der Waals surface area contributed by atoms with E-state index in [1.165, 1.54) is 0 Å². The molecule has 0 spiro atoms. The first kappa shape index (κ1) is 18.8. The van der Waals surface area contributed by atoms with Gasteiger partial charge >= 0.3 is 5.69 Å². The van der Waals surface area contributed by atoms with Crippen molar-refractivity contribution in [3.63, 3.8) is 0 Å². The Morgan fingerprint density at radius 2 is 1.86 bits per heavy atom. The van der Waals surface area contributed by atoms with E-state index in [1.54, 1.807) is 16.2 Å². The van der Waals surface area contributed by atoms with E-state index >= 15 is 0 Å². The van der Waals surface area contributed by atoms with Gasteiger partial charge in [-0.3, -0.25) is 13.9 Å². The van der Waals surface area contributed by atoms with Gasteiger partial charge in [-0.15, -0.1) is 0 Å². The average Bonchev–Trinajstić information content (AvgIpc) is 2.97. The van der Waals surface area contributed by atoms with Crippen molar-refractivity contribution < 1.29 is 4.79 Å². The largest absolute Gasteiger partial charge is 0.333 e. The summed E-state index contributed by atoms with van der Waals surface area (Å²) in [4.78, 5) is 27.5. The SMILES string of the molecule is Cn1c(=O)n(CCC(=O)N2CCNCC2c2ccccc2Cl)c2ccccc21. The molecule has 1 saturated heterocycles. The normalized spacial score (nSPS) is 17.2. The molecule has 4 rings (SSSR count). The summed E-state index contributed by atoms with van der Waals surface area (Å²) in [6.45, 7) is 2.40. The third kappa shape index (κ3) is 3.34.